The molecule has 4 heteroatoms. The van der Waals surface area contributed by atoms with Crippen molar-refractivity contribution in [3.63, 3.8) is 0 Å². The van der Waals surface area contributed by atoms with Gasteiger partial charge in [-0.1, -0.05) is 60.1 Å². The smallest absolute Gasteiger partial charge is 0.374 e. The number of Topliss-reactive ketones (excluding diaryl/α,β-unsaturated/α-hetero) is 1. The lowest BCUT2D eigenvalue weighted by Gasteiger charge is -2.08. The van der Waals surface area contributed by atoms with Gasteiger partial charge in [-0.2, -0.15) is 4.57 Å². The van der Waals surface area contributed by atoms with Crippen LogP contribution in [0.2, 0.25) is 5.02 Å². The Morgan fingerprint density at radius 2 is 1.63 bits per heavy atom. The molecular formula is C23H17ClNO2+. The highest BCUT2D eigenvalue weighted by Crippen LogP contribution is 2.24. The maximum Gasteiger partial charge on any atom is 0.374 e. The number of fused-ring (bicyclic) bond motifs is 1. The average Bonchev–Trinajstić information content (AvgIpc) is 2.70. The van der Waals surface area contributed by atoms with Gasteiger partial charge in [-0.15, -0.1) is 0 Å². The predicted molar refractivity (Wildman–Crippen MR) is 106 cm³/mol. The highest BCUT2D eigenvalue weighted by Gasteiger charge is 2.22. The Labute approximate surface area is 162 Å². The van der Waals surface area contributed by atoms with Gasteiger partial charge in [0.15, 0.2) is 0 Å². The molecule has 1 aromatic heterocycles. The number of rotatable bonds is 5. The molecule has 132 valence electrons. The molecule has 0 aliphatic carbocycles. The minimum Gasteiger partial charge on any atom is -0.405 e. The molecule has 0 aliphatic rings. The third-order valence-corrected chi connectivity index (χ3v) is 4.55. The molecule has 3 nitrogen and oxygen atoms in total. The number of halogens is 1. The number of benzene rings is 3. The first kappa shape index (κ1) is 17.3. The number of para-hydroxylation sites is 1. The highest BCUT2D eigenvalue weighted by molar-refractivity contribution is 6.30. The topological polar surface area (TPSA) is 30.2 Å². The van der Waals surface area contributed by atoms with Gasteiger partial charge in [0.1, 0.15) is 5.75 Å². The lowest BCUT2D eigenvalue weighted by atomic mass is 10.1. The molecular weight excluding hydrogens is 358 g/mol. The zero-order chi connectivity index (χ0) is 18.6. The molecule has 0 saturated carbocycles. The fourth-order valence-corrected chi connectivity index (χ4v) is 3.19. The van der Waals surface area contributed by atoms with Crippen molar-refractivity contribution in [3.8, 4) is 11.6 Å². The van der Waals surface area contributed by atoms with Gasteiger partial charge in [0.2, 0.25) is 17.8 Å². The number of hydrogen-bond donors (Lipinski definition) is 0. The van der Waals surface area contributed by atoms with Crippen LogP contribution >= 0.6 is 11.6 Å². The van der Waals surface area contributed by atoms with Crippen molar-refractivity contribution in [2.75, 3.05) is 0 Å². The van der Waals surface area contributed by atoms with E-state index in [2.05, 4.69) is 0 Å². The summed E-state index contributed by atoms with van der Waals surface area (Å²) in [5.41, 5.74) is 1.60. The second-order valence-electron chi connectivity index (χ2n) is 6.17. The maximum atomic E-state index is 12.8. The van der Waals surface area contributed by atoms with Crippen LogP contribution < -0.4 is 9.30 Å². The summed E-state index contributed by atoms with van der Waals surface area (Å²) >= 11 is 6.07. The van der Waals surface area contributed by atoms with Crippen LogP contribution in [0.1, 0.15) is 10.4 Å². The summed E-state index contributed by atoms with van der Waals surface area (Å²) in [6, 6.07) is 28.3. The van der Waals surface area contributed by atoms with Crippen LogP contribution in [0, 0.1) is 0 Å². The van der Waals surface area contributed by atoms with Gasteiger partial charge in [0.05, 0.1) is 6.07 Å². The minimum atomic E-state index is 0.0212. The Morgan fingerprint density at radius 3 is 2.44 bits per heavy atom. The van der Waals surface area contributed by atoms with E-state index in [9.17, 15) is 4.79 Å². The molecule has 0 aliphatic heterocycles. The summed E-state index contributed by atoms with van der Waals surface area (Å²) in [6.07, 6.45) is 0. The Balaban J connectivity index is 1.77. The largest absolute Gasteiger partial charge is 0.405 e. The Hall–Kier alpha value is -3.17. The van der Waals surface area contributed by atoms with Crippen LogP contribution in [0.4, 0.5) is 0 Å². The molecule has 4 rings (SSSR count). The van der Waals surface area contributed by atoms with Gasteiger partial charge in [-0.3, -0.25) is 4.79 Å². The number of carbonyl (C=O) groups is 1. The molecule has 0 unspecified atom stereocenters. The first-order chi connectivity index (χ1) is 13.2. The normalized spacial score (nSPS) is 10.7. The first-order valence-corrected chi connectivity index (χ1v) is 9.02. The average molecular weight is 375 g/mol. The van der Waals surface area contributed by atoms with E-state index in [1.807, 2.05) is 83.4 Å². The molecule has 0 N–H and O–H groups in total. The quantitative estimate of drug-likeness (QED) is 0.343. The van der Waals surface area contributed by atoms with Crippen molar-refractivity contribution in [1.29, 1.82) is 0 Å². The molecule has 27 heavy (non-hydrogen) atoms. The molecule has 4 aromatic rings. The third kappa shape index (κ3) is 3.83. The fraction of sp³-hybridized carbons (Fsp3) is 0.0435. The zero-order valence-electron chi connectivity index (χ0n) is 14.5. The van der Waals surface area contributed by atoms with Crippen LogP contribution in [0.3, 0.4) is 0 Å². The molecule has 0 fully saturated rings. The molecule has 0 radical (unpaired) electrons. The molecule has 0 saturated heterocycles. The molecule has 0 atom stereocenters. The first-order valence-electron chi connectivity index (χ1n) is 8.64. The van der Waals surface area contributed by atoms with Gasteiger partial charge in [-0.05, 0) is 30.3 Å². The Bertz CT molecular complexity index is 1110. The minimum absolute atomic E-state index is 0.0212. The number of ether oxygens (including phenoxy) is 1. The third-order valence-electron chi connectivity index (χ3n) is 4.32. The number of hydrogen-bond acceptors (Lipinski definition) is 2. The Kier molecular flexibility index (Phi) is 4.86. The number of carbonyl (C=O) groups excluding carboxylic acids is 1. The summed E-state index contributed by atoms with van der Waals surface area (Å²) < 4.78 is 7.96. The SMILES string of the molecule is O=C(C[n+]1c(Oc2cccc(Cl)c2)ccc2ccccc21)c1ccccc1. The molecule has 3 aromatic carbocycles. The second kappa shape index (κ2) is 7.60. The summed E-state index contributed by atoms with van der Waals surface area (Å²) in [6.45, 7) is 0.182. The van der Waals surface area contributed by atoms with E-state index in [-0.39, 0.29) is 12.3 Å². The second-order valence-corrected chi connectivity index (χ2v) is 6.60. The lowest BCUT2D eigenvalue weighted by molar-refractivity contribution is -0.661. The van der Waals surface area contributed by atoms with Gasteiger partial charge in [0, 0.05) is 22.0 Å². The van der Waals surface area contributed by atoms with Crippen molar-refractivity contribution in [1.82, 2.24) is 0 Å². The summed E-state index contributed by atoms with van der Waals surface area (Å²) in [5, 5.41) is 1.64. The van der Waals surface area contributed by atoms with Crippen LogP contribution in [-0.4, -0.2) is 5.78 Å². The van der Waals surface area contributed by atoms with Gasteiger partial charge in [-0.25, -0.2) is 0 Å². The number of aromatic nitrogens is 1. The molecule has 1 heterocycles. The van der Waals surface area contributed by atoms with Crippen molar-refractivity contribution in [2.24, 2.45) is 0 Å². The van der Waals surface area contributed by atoms with Crippen LogP contribution in [0.5, 0.6) is 11.6 Å². The highest BCUT2D eigenvalue weighted by atomic mass is 35.5. The summed E-state index contributed by atoms with van der Waals surface area (Å²) in [7, 11) is 0. The van der Waals surface area contributed by atoms with E-state index in [0.717, 1.165) is 10.9 Å². The van der Waals surface area contributed by atoms with E-state index >= 15 is 0 Å². The maximum absolute atomic E-state index is 12.8. The van der Waals surface area contributed by atoms with E-state index in [1.165, 1.54) is 0 Å². The van der Waals surface area contributed by atoms with E-state index in [1.54, 1.807) is 12.1 Å². The number of ketones is 1. The van der Waals surface area contributed by atoms with Gasteiger partial charge < -0.3 is 4.74 Å². The molecule has 0 amide bonds. The van der Waals surface area contributed by atoms with Crippen molar-refractivity contribution >= 4 is 28.3 Å². The van der Waals surface area contributed by atoms with Crippen LogP contribution in [-0.2, 0) is 6.54 Å². The predicted octanol–water partition coefficient (Wildman–Crippen LogP) is 5.46. The number of pyridine rings is 1. The van der Waals surface area contributed by atoms with E-state index in [4.69, 9.17) is 16.3 Å². The molecule has 0 spiro atoms. The van der Waals surface area contributed by atoms with Crippen LogP contribution in [0.25, 0.3) is 10.9 Å². The van der Waals surface area contributed by atoms with E-state index in [0.29, 0.717) is 22.2 Å². The lowest BCUT2D eigenvalue weighted by Crippen LogP contribution is -2.40. The summed E-state index contributed by atoms with van der Waals surface area (Å²) in [4.78, 5) is 12.8. The van der Waals surface area contributed by atoms with E-state index < -0.39 is 0 Å². The fourth-order valence-electron chi connectivity index (χ4n) is 3.01. The monoisotopic (exact) mass is 374 g/mol. The van der Waals surface area contributed by atoms with Crippen LogP contribution in [0.15, 0.2) is 91.0 Å². The van der Waals surface area contributed by atoms with Crippen molar-refractivity contribution < 1.29 is 14.1 Å². The standard InChI is InChI=1S/C23H17ClNO2/c24-19-10-6-11-20(15-19)27-23-14-13-17-7-4-5-12-21(17)25(23)16-22(26)18-8-2-1-3-9-18/h1-15H,16H2/q+1. The molecule has 0 bridgehead atoms. The van der Waals surface area contributed by atoms with Crippen molar-refractivity contribution in [3.05, 3.63) is 102 Å². The summed E-state index contributed by atoms with van der Waals surface area (Å²) in [5.74, 6) is 1.23. The number of nitrogens with zero attached hydrogens (tertiary/aromatic N) is 1. The zero-order valence-corrected chi connectivity index (χ0v) is 15.3. The van der Waals surface area contributed by atoms with Crippen molar-refractivity contribution in [2.45, 2.75) is 6.54 Å². The van der Waals surface area contributed by atoms with Gasteiger partial charge in [0.25, 0.3) is 0 Å². The van der Waals surface area contributed by atoms with Gasteiger partial charge >= 0.3 is 5.88 Å². The Morgan fingerprint density at radius 1 is 0.852 bits per heavy atom.